The lowest BCUT2D eigenvalue weighted by molar-refractivity contribution is 0.0880. The minimum absolute atomic E-state index is 0.300. The van der Waals surface area contributed by atoms with Gasteiger partial charge in [-0.15, -0.1) is 11.3 Å². The zero-order valence-electron chi connectivity index (χ0n) is 20.1. The third-order valence-corrected chi connectivity index (χ3v) is 7.06. The first-order chi connectivity index (χ1) is 17.4. The van der Waals surface area contributed by atoms with Crippen molar-refractivity contribution in [1.82, 2.24) is 30.1 Å². The van der Waals surface area contributed by atoms with Crippen LogP contribution in [0.4, 0.5) is 5.69 Å². The molecule has 8 nitrogen and oxygen atoms in total. The highest BCUT2D eigenvalue weighted by Crippen LogP contribution is 2.34. The maximum absolute atomic E-state index is 10.5. The maximum atomic E-state index is 10.5. The fourth-order valence-electron chi connectivity index (χ4n) is 4.08. The Hall–Kier alpha value is -4.08. The summed E-state index contributed by atoms with van der Waals surface area (Å²) in [5, 5.41) is 24.3. The first-order valence-corrected chi connectivity index (χ1v) is 12.5. The molecule has 0 saturated heterocycles. The number of rotatable bonds is 5. The Bertz CT molecular complexity index is 1680. The summed E-state index contributed by atoms with van der Waals surface area (Å²) in [6, 6.07) is 14.2. The second-order valence-corrected chi connectivity index (χ2v) is 10.8. The lowest BCUT2D eigenvalue weighted by atomic mass is 9.94. The number of hydrogen-bond acceptors (Lipinski definition) is 7. The van der Waals surface area contributed by atoms with Crippen molar-refractivity contribution in [2.45, 2.75) is 27.0 Å². The van der Waals surface area contributed by atoms with E-state index in [4.69, 9.17) is 4.98 Å². The van der Waals surface area contributed by atoms with E-state index in [1.807, 2.05) is 57.3 Å². The van der Waals surface area contributed by atoms with Crippen molar-refractivity contribution in [3.8, 4) is 33.1 Å². The molecule has 0 aliphatic rings. The van der Waals surface area contributed by atoms with Crippen molar-refractivity contribution in [2.75, 3.05) is 5.32 Å². The van der Waals surface area contributed by atoms with E-state index in [0.29, 0.717) is 5.82 Å². The predicted octanol–water partition coefficient (Wildman–Crippen LogP) is 6.07. The minimum atomic E-state index is -0.696. The van der Waals surface area contributed by atoms with Crippen LogP contribution in [-0.4, -0.2) is 41.5 Å². The van der Waals surface area contributed by atoms with Crippen LogP contribution in [0, 0.1) is 5.41 Å². The quantitative estimate of drug-likeness (QED) is 0.216. The van der Waals surface area contributed by atoms with Gasteiger partial charge in [0.1, 0.15) is 17.4 Å². The molecule has 0 radical (unpaired) electrons. The van der Waals surface area contributed by atoms with Crippen molar-refractivity contribution in [2.24, 2.45) is 5.41 Å². The molecule has 1 aromatic carbocycles. The Kier molecular flexibility index (Phi) is 5.31. The number of nitrogens with one attached hydrogen (secondary N) is 3. The van der Waals surface area contributed by atoms with E-state index in [0.717, 1.165) is 55.0 Å². The lowest BCUT2D eigenvalue weighted by Crippen LogP contribution is -2.33. The Balaban J connectivity index is 1.40. The molecule has 5 heterocycles. The fourth-order valence-corrected chi connectivity index (χ4v) is 4.83. The summed E-state index contributed by atoms with van der Waals surface area (Å²) in [6.07, 6.45) is 4.63. The molecule has 1 atom stereocenters. The number of aliphatic hydroxyl groups is 1. The van der Waals surface area contributed by atoms with Gasteiger partial charge in [-0.2, -0.15) is 5.10 Å². The smallest absolute Gasteiger partial charge is 0.160 e. The maximum Gasteiger partial charge on any atom is 0.160 e. The molecule has 0 amide bonds. The molecule has 1 unspecified atom stereocenters. The number of benzene rings is 1. The van der Waals surface area contributed by atoms with Crippen molar-refractivity contribution in [3.63, 3.8) is 0 Å². The lowest BCUT2D eigenvalue weighted by Gasteiger charge is -2.27. The highest BCUT2D eigenvalue weighted by molar-refractivity contribution is 7.13. The molecule has 0 saturated carbocycles. The summed E-state index contributed by atoms with van der Waals surface area (Å²) in [4.78, 5) is 18.3. The van der Waals surface area contributed by atoms with Crippen LogP contribution < -0.4 is 5.32 Å². The van der Waals surface area contributed by atoms with E-state index < -0.39 is 6.23 Å². The number of anilines is 1. The number of nitrogens with zero attached hydrogens (tertiary/aromatic N) is 4. The molecular weight excluding hydrogens is 470 g/mol. The van der Waals surface area contributed by atoms with Gasteiger partial charge < -0.3 is 15.4 Å². The Morgan fingerprint density at radius 3 is 2.75 bits per heavy atom. The van der Waals surface area contributed by atoms with Crippen LogP contribution in [0.1, 0.15) is 20.8 Å². The van der Waals surface area contributed by atoms with Crippen LogP contribution in [0.25, 0.3) is 55.2 Å². The molecule has 6 rings (SSSR count). The normalized spacial score (nSPS) is 12.9. The SMILES string of the molecule is CC(C)(C)C(O)Nc1cncc(-c2ccc3[nH]nc(-c4nc5c(-c6cccs6)ccnc5[nH]4)c3c2)c1. The van der Waals surface area contributed by atoms with Crippen LogP contribution in [-0.2, 0) is 0 Å². The first-order valence-electron chi connectivity index (χ1n) is 11.6. The second-order valence-electron chi connectivity index (χ2n) is 9.83. The van der Waals surface area contributed by atoms with Gasteiger partial charge in [0.25, 0.3) is 0 Å². The Labute approximate surface area is 211 Å². The topological polar surface area (TPSA) is 115 Å². The summed E-state index contributed by atoms with van der Waals surface area (Å²) in [5.74, 6) is 0.659. The molecule has 0 aliphatic heterocycles. The highest BCUT2D eigenvalue weighted by Gasteiger charge is 2.22. The van der Waals surface area contributed by atoms with E-state index in [-0.39, 0.29) is 5.41 Å². The van der Waals surface area contributed by atoms with Gasteiger partial charge in [-0.3, -0.25) is 10.1 Å². The van der Waals surface area contributed by atoms with Gasteiger partial charge in [0, 0.05) is 39.2 Å². The number of fused-ring (bicyclic) bond motifs is 2. The molecule has 0 aliphatic carbocycles. The molecule has 0 bridgehead atoms. The molecule has 36 heavy (non-hydrogen) atoms. The van der Waals surface area contributed by atoms with Crippen LogP contribution in [0.2, 0.25) is 0 Å². The molecule has 6 aromatic rings. The third-order valence-electron chi connectivity index (χ3n) is 6.15. The summed E-state index contributed by atoms with van der Waals surface area (Å²) >= 11 is 1.68. The molecule has 4 N–H and O–H groups in total. The summed E-state index contributed by atoms with van der Waals surface area (Å²) in [7, 11) is 0. The van der Waals surface area contributed by atoms with Crippen LogP contribution in [0.15, 0.2) is 66.4 Å². The van der Waals surface area contributed by atoms with Gasteiger partial charge >= 0.3 is 0 Å². The largest absolute Gasteiger partial charge is 0.373 e. The number of hydrogen-bond donors (Lipinski definition) is 4. The van der Waals surface area contributed by atoms with Crippen LogP contribution in [0.3, 0.4) is 0 Å². The number of thiophene rings is 1. The number of imidazole rings is 1. The molecular formula is C27H25N7OS. The van der Waals surface area contributed by atoms with Gasteiger partial charge in [-0.25, -0.2) is 9.97 Å². The number of H-pyrrole nitrogens is 2. The minimum Gasteiger partial charge on any atom is -0.373 e. The van der Waals surface area contributed by atoms with Crippen molar-refractivity contribution < 1.29 is 5.11 Å². The van der Waals surface area contributed by atoms with Gasteiger partial charge in [-0.1, -0.05) is 32.9 Å². The predicted molar refractivity (Wildman–Crippen MR) is 145 cm³/mol. The molecule has 0 fully saturated rings. The van der Waals surface area contributed by atoms with E-state index in [1.54, 1.807) is 23.7 Å². The van der Waals surface area contributed by atoms with Crippen LogP contribution >= 0.6 is 11.3 Å². The van der Waals surface area contributed by atoms with Gasteiger partial charge in [-0.05, 0) is 41.3 Å². The van der Waals surface area contributed by atoms with E-state index in [9.17, 15) is 5.11 Å². The molecule has 180 valence electrons. The zero-order chi connectivity index (χ0) is 24.9. The average molecular weight is 496 g/mol. The number of aliphatic hydroxyl groups excluding tert-OH is 1. The van der Waals surface area contributed by atoms with E-state index in [1.165, 1.54) is 0 Å². The van der Waals surface area contributed by atoms with Crippen molar-refractivity contribution in [3.05, 3.63) is 66.4 Å². The summed E-state index contributed by atoms with van der Waals surface area (Å²) < 4.78 is 0. The third kappa shape index (κ3) is 4.02. The second kappa shape index (κ2) is 8.54. The number of aromatic nitrogens is 6. The van der Waals surface area contributed by atoms with Crippen LogP contribution in [0.5, 0.6) is 0 Å². The zero-order valence-corrected chi connectivity index (χ0v) is 20.9. The van der Waals surface area contributed by atoms with Gasteiger partial charge in [0.15, 0.2) is 11.5 Å². The van der Waals surface area contributed by atoms with Crippen molar-refractivity contribution in [1.29, 1.82) is 0 Å². The molecule has 0 spiro atoms. The average Bonchev–Trinajstić information content (AvgIpc) is 3.62. The monoisotopic (exact) mass is 495 g/mol. The van der Waals surface area contributed by atoms with E-state index >= 15 is 0 Å². The summed E-state index contributed by atoms with van der Waals surface area (Å²) in [5.41, 5.74) is 6.61. The van der Waals surface area contributed by atoms with Gasteiger partial charge in [0.2, 0.25) is 0 Å². The standard InChI is InChI=1S/C27H25N7OS/c1-27(2,3)26(35)30-17-11-16(13-28-14-17)15-6-7-20-19(12-15)23(34-33-20)25-31-22-18(21-5-4-10-36-21)8-9-29-24(22)32-25/h4-14,26,30,35H,1-3H3,(H,33,34)(H,29,31,32). The molecule has 5 aromatic heterocycles. The molecule has 9 heteroatoms. The fraction of sp³-hybridized carbons (Fsp3) is 0.185. The van der Waals surface area contributed by atoms with Gasteiger partial charge in [0.05, 0.1) is 17.4 Å². The summed E-state index contributed by atoms with van der Waals surface area (Å²) in [6.45, 7) is 5.94. The van der Waals surface area contributed by atoms with E-state index in [2.05, 4.69) is 48.0 Å². The highest BCUT2D eigenvalue weighted by atomic mass is 32.1. The van der Waals surface area contributed by atoms with Crippen molar-refractivity contribution >= 4 is 39.1 Å². The first kappa shape index (κ1) is 22.4. The number of aromatic amines is 2. The number of pyridine rings is 2. The Morgan fingerprint density at radius 2 is 1.94 bits per heavy atom. The Morgan fingerprint density at radius 1 is 1.06 bits per heavy atom.